The van der Waals surface area contributed by atoms with Crippen molar-refractivity contribution >= 4 is 39.8 Å². The second-order valence-corrected chi connectivity index (χ2v) is 9.66. The maximum absolute atomic E-state index is 12.7. The Bertz CT molecular complexity index is 745. The van der Waals surface area contributed by atoms with Crippen molar-refractivity contribution in [3.8, 4) is 0 Å². The summed E-state index contributed by atoms with van der Waals surface area (Å²) in [5, 5.41) is 3.36. The molecule has 2 fully saturated rings. The maximum Gasteiger partial charge on any atom is 0.194 e. The number of sulfone groups is 1. The highest BCUT2D eigenvalue weighted by atomic mass is 127. The molecular formula is C18H29IN4O2S. The van der Waals surface area contributed by atoms with Gasteiger partial charge >= 0.3 is 0 Å². The first kappa shape index (κ1) is 21.4. The van der Waals surface area contributed by atoms with E-state index in [0.29, 0.717) is 19.6 Å². The monoisotopic (exact) mass is 492 g/mol. The van der Waals surface area contributed by atoms with Gasteiger partial charge in [0.25, 0.3) is 0 Å². The molecular weight excluding hydrogens is 463 g/mol. The second-order valence-electron chi connectivity index (χ2n) is 7.15. The molecule has 8 heteroatoms. The lowest BCUT2D eigenvalue weighted by atomic mass is 9.87. The van der Waals surface area contributed by atoms with Crippen molar-refractivity contribution in [1.82, 2.24) is 15.2 Å². The van der Waals surface area contributed by atoms with Crippen LogP contribution >= 0.6 is 24.0 Å². The molecule has 1 aromatic heterocycles. The molecule has 0 atom stereocenters. The molecule has 1 aromatic rings. The number of aromatic nitrogens is 1. The van der Waals surface area contributed by atoms with E-state index in [1.54, 1.807) is 13.2 Å². The molecule has 0 bridgehead atoms. The number of hydrogen-bond acceptors (Lipinski definition) is 4. The molecule has 1 saturated carbocycles. The van der Waals surface area contributed by atoms with Crippen LogP contribution < -0.4 is 5.32 Å². The van der Waals surface area contributed by atoms with Gasteiger partial charge in [0, 0.05) is 26.3 Å². The van der Waals surface area contributed by atoms with E-state index < -0.39 is 14.6 Å². The zero-order valence-corrected chi connectivity index (χ0v) is 18.7. The van der Waals surface area contributed by atoms with Gasteiger partial charge in [-0.05, 0) is 31.4 Å². The average Bonchev–Trinajstić information content (AvgIpc) is 2.61. The van der Waals surface area contributed by atoms with Crippen LogP contribution in [0, 0.1) is 6.92 Å². The van der Waals surface area contributed by atoms with Crippen LogP contribution in [0.1, 0.15) is 43.4 Å². The van der Waals surface area contributed by atoms with E-state index in [1.807, 2.05) is 19.1 Å². The molecule has 0 amide bonds. The predicted octanol–water partition coefficient (Wildman–Crippen LogP) is 2.52. The minimum atomic E-state index is -3.03. The highest BCUT2D eigenvalue weighted by molar-refractivity contribution is 14.0. The normalized spacial score (nSPS) is 21.9. The second kappa shape index (κ2) is 8.86. The summed E-state index contributed by atoms with van der Waals surface area (Å²) in [4.78, 5) is 10.9. The maximum atomic E-state index is 12.7. The molecule has 1 aliphatic carbocycles. The fourth-order valence-electron chi connectivity index (χ4n) is 4.02. The lowest BCUT2D eigenvalue weighted by Crippen LogP contribution is -2.60. The number of hydrogen-bond donors (Lipinski definition) is 1. The third kappa shape index (κ3) is 4.32. The van der Waals surface area contributed by atoms with Crippen molar-refractivity contribution in [1.29, 1.82) is 0 Å². The number of rotatable bonds is 2. The van der Waals surface area contributed by atoms with Crippen LogP contribution in [-0.2, 0) is 16.4 Å². The zero-order chi connectivity index (χ0) is 17.9. The summed E-state index contributed by atoms with van der Waals surface area (Å²) >= 11 is 0. The van der Waals surface area contributed by atoms with E-state index in [-0.39, 0.29) is 29.7 Å². The average molecular weight is 492 g/mol. The summed E-state index contributed by atoms with van der Waals surface area (Å²) in [5.41, 5.74) is 2.12. The summed E-state index contributed by atoms with van der Waals surface area (Å²) in [7, 11) is -1.28. The van der Waals surface area contributed by atoms with Crippen molar-refractivity contribution < 1.29 is 8.42 Å². The van der Waals surface area contributed by atoms with Crippen LogP contribution in [0.2, 0.25) is 0 Å². The van der Waals surface area contributed by atoms with Gasteiger partial charge in [0.15, 0.2) is 15.8 Å². The fourth-order valence-corrected chi connectivity index (χ4v) is 6.17. The number of guanidine groups is 1. The van der Waals surface area contributed by atoms with Crippen molar-refractivity contribution in [2.45, 2.75) is 50.3 Å². The number of nitrogens with one attached hydrogen (secondary N) is 1. The Balaban J connectivity index is 0.00000243. The minimum absolute atomic E-state index is 0. The third-order valence-electron chi connectivity index (χ3n) is 5.58. The number of halogens is 1. The molecule has 2 aliphatic rings. The SMILES string of the molecule is CN=C(NCc1ncccc1C)N1CCS(=O)(=O)C2(CCCCC2)C1.I. The highest BCUT2D eigenvalue weighted by Crippen LogP contribution is 2.38. The van der Waals surface area contributed by atoms with Gasteiger partial charge in [-0.1, -0.05) is 25.3 Å². The lowest BCUT2D eigenvalue weighted by Gasteiger charge is -2.45. The Morgan fingerprint density at radius 3 is 2.73 bits per heavy atom. The van der Waals surface area contributed by atoms with Gasteiger partial charge in [0.1, 0.15) is 0 Å². The lowest BCUT2D eigenvalue weighted by molar-refractivity contribution is 0.274. The standard InChI is InChI=1S/C18H28N4O2S.HI/c1-15-7-6-10-20-16(15)13-21-17(19-2)22-11-12-25(23,24)18(14-22)8-4-3-5-9-18;/h6-7,10H,3-5,8-9,11-14H2,1-2H3,(H,19,21);1H. The first-order valence-electron chi connectivity index (χ1n) is 9.06. The van der Waals surface area contributed by atoms with Crippen LogP contribution in [0.3, 0.4) is 0 Å². The van der Waals surface area contributed by atoms with Gasteiger partial charge in [0.05, 0.1) is 22.7 Å². The van der Waals surface area contributed by atoms with Gasteiger partial charge in [-0.3, -0.25) is 9.98 Å². The van der Waals surface area contributed by atoms with Gasteiger partial charge in [0.2, 0.25) is 0 Å². The van der Waals surface area contributed by atoms with Crippen molar-refractivity contribution in [2.24, 2.45) is 4.99 Å². The topological polar surface area (TPSA) is 74.7 Å². The Morgan fingerprint density at radius 2 is 2.08 bits per heavy atom. The summed E-state index contributed by atoms with van der Waals surface area (Å²) < 4.78 is 24.9. The predicted molar refractivity (Wildman–Crippen MR) is 116 cm³/mol. The van der Waals surface area contributed by atoms with E-state index >= 15 is 0 Å². The van der Waals surface area contributed by atoms with Crippen LogP contribution in [0.25, 0.3) is 0 Å². The largest absolute Gasteiger partial charge is 0.351 e. The van der Waals surface area contributed by atoms with Crippen molar-refractivity contribution in [3.63, 3.8) is 0 Å². The molecule has 1 spiro atoms. The summed E-state index contributed by atoms with van der Waals surface area (Å²) in [5.74, 6) is 0.987. The molecule has 2 heterocycles. The summed E-state index contributed by atoms with van der Waals surface area (Å²) in [6, 6.07) is 3.97. The number of aliphatic imine (C=N–C) groups is 1. The Hall–Kier alpha value is -0.900. The van der Waals surface area contributed by atoms with Gasteiger partial charge in [-0.2, -0.15) is 0 Å². The van der Waals surface area contributed by atoms with E-state index in [2.05, 4.69) is 20.2 Å². The summed E-state index contributed by atoms with van der Waals surface area (Å²) in [6.07, 6.45) is 6.50. The molecule has 6 nitrogen and oxygen atoms in total. The van der Waals surface area contributed by atoms with Crippen LogP contribution in [0.5, 0.6) is 0 Å². The minimum Gasteiger partial charge on any atom is -0.351 e. The van der Waals surface area contributed by atoms with Crippen molar-refractivity contribution in [3.05, 3.63) is 29.6 Å². The van der Waals surface area contributed by atoms with E-state index in [0.717, 1.165) is 49.3 Å². The molecule has 0 unspecified atom stereocenters. The van der Waals surface area contributed by atoms with E-state index in [4.69, 9.17) is 0 Å². The molecule has 0 radical (unpaired) electrons. The molecule has 3 rings (SSSR count). The Kier molecular flexibility index (Phi) is 7.29. The number of nitrogens with zero attached hydrogens (tertiary/aromatic N) is 3. The molecule has 1 aliphatic heterocycles. The van der Waals surface area contributed by atoms with Crippen LogP contribution in [0.4, 0.5) is 0 Å². The zero-order valence-electron chi connectivity index (χ0n) is 15.6. The fraction of sp³-hybridized carbons (Fsp3) is 0.667. The molecule has 146 valence electrons. The third-order valence-corrected chi connectivity index (χ3v) is 8.15. The molecule has 1 N–H and O–H groups in total. The molecule has 26 heavy (non-hydrogen) atoms. The smallest absolute Gasteiger partial charge is 0.194 e. The van der Waals surface area contributed by atoms with Gasteiger partial charge < -0.3 is 10.2 Å². The molecule has 0 aromatic carbocycles. The van der Waals surface area contributed by atoms with E-state index in [1.165, 1.54) is 0 Å². The first-order chi connectivity index (χ1) is 12.0. The van der Waals surface area contributed by atoms with Crippen molar-refractivity contribution in [2.75, 3.05) is 25.9 Å². The number of pyridine rings is 1. The quantitative estimate of drug-likeness (QED) is 0.390. The van der Waals surface area contributed by atoms with Gasteiger partial charge in [-0.15, -0.1) is 24.0 Å². The highest BCUT2D eigenvalue weighted by Gasteiger charge is 2.48. The number of aryl methyl sites for hydroxylation is 1. The molecule has 1 saturated heterocycles. The van der Waals surface area contributed by atoms with Crippen LogP contribution in [0.15, 0.2) is 23.3 Å². The van der Waals surface area contributed by atoms with Gasteiger partial charge in [-0.25, -0.2) is 8.42 Å². The first-order valence-corrected chi connectivity index (χ1v) is 10.7. The van der Waals surface area contributed by atoms with E-state index in [9.17, 15) is 8.42 Å². The van der Waals surface area contributed by atoms with Crippen LogP contribution in [-0.4, -0.2) is 54.9 Å². The Labute approximate surface area is 173 Å². The summed E-state index contributed by atoms with van der Waals surface area (Å²) in [6.45, 7) is 3.69. The Morgan fingerprint density at radius 1 is 1.35 bits per heavy atom.